The van der Waals surface area contributed by atoms with Gasteiger partial charge in [-0.25, -0.2) is 27.7 Å². The van der Waals surface area contributed by atoms with E-state index in [0.29, 0.717) is 35.9 Å². The van der Waals surface area contributed by atoms with Crippen LogP contribution in [-0.4, -0.2) is 50.1 Å². The van der Waals surface area contributed by atoms with Crippen LogP contribution in [0.15, 0.2) is 66.7 Å². The van der Waals surface area contributed by atoms with Crippen LogP contribution < -0.4 is 14.5 Å². The molecule has 1 fully saturated rings. The van der Waals surface area contributed by atoms with Crippen LogP contribution in [-0.2, 0) is 20.5 Å². The summed E-state index contributed by atoms with van der Waals surface area (Å²) in [6.07, 6.45) is 0. The van der Waals surface area contributed by atoms with Crippen LogP contribution >= 0.6 is 0 Å². The van der Waals surface area contributed by atoms with E-state index in [9.17, 15) is 23.3 Å². The molecule has 0 bridgehead atoms. The van der Waals surface area contributed by atoms with E-state index >= 15 is 0 Å². The number of ether oxygens (including phenoxy) is 1. The molecule has 0 radical (unpaired) electrons. The monoisotopic (exact) mass is 561 g/mol. The molecule has 0 unspecified atom stereocenters. The molecule has 208 valence electrons. The van der Waals surface area contributed by atoms with E-state index in [1.165, 1.54) is 11.0 Å². The number of carbonyl (C=O) groups is 2. The minimum atomic E-state index is -3.97. The molecule has 1 N–H and O–H groups in total. The summed E-state index contributed by atoms with van der Waals surface area (Å²) in [5.74, 6) is -0.517. The Morgan fingerprint density at radius 2 is 1.70 bits per heavy atom. The van der Waals surface area contributed by atoms with Crippen molar-refractivity contribution in [2.45, 2.75) is 45.1 Å². The van der Waals surface area contributed by atoms with Gasteiger partial charge >= 0.3 is 12.0 Å². The van der Waals surface area contributed by atoms with Crippen molar-refractivity contribution < 1.29 is 22.7 Å². The number of sulfonamides is 1. The first kappa shape index (κ1) is 28.6. The molecular weight excluding hydrogens is 530 g/mol. The number of nitriles is 1. The van der Waals surface area contributed by atoms with Crippen LogP contribution in [0.25, 0.3) is 0 Å². The number of aromatic nitrogens is 1. The van der Waals surface area contributed by atoms with Crippen LogP contribution in [0.4, 0.5) is 16.3 Å². The molecule has 0 spiro atoms. The van der Waals surface area contributed by atoms with Gasteiger partial charge in [-0.3, -0.25) is 4.90 Å². The number of hydrogen-bond donors (Lipinski definition) is 1. The van der Waals surface area contributed by atoms with Crippen LogP contribution in [0.3, 0.4) is 0 Å². The Balaban J connectivity index is 1.54. The zero-order valence-electron chi connectivity index (χ0n) is 22.8. The fourth-order valence-corrected chi connectivity index (χ4v) is 5.41. The number of aryl methyl sites for hydroxylation is 1. The van der Waals surface area contributed by atoms with Crippen LogP contribution in [0.2, 0.25) is 0 Å². The smallest absolute Gasteiger partial charge is 0.340 e. The first-order valence-corrected chi connectivity index (χ1v) is 14.3. The molecule has 1 aliphatic rings. The Hall–Kier alpha value is -4.43. The normalized spacial score (nSPS) is 13.6. The standard InChI is InChI=1S/C29H31N5O5S/c1-20-25(27(35)39-29(2,3)4)15-22(16-30)26(31-20)33-17-24(18-33)34(23-13-9-6-10-14-23)28(36)32-40(37,38)19-21-11-7-5-8-12-21/h5-15,24H,17-19H2,1-4H3,(H,32,36). The van der Waals surface area contributed by atoms with Crippen molar-refractivity contribution in [2.24, 2.45) is 0 Å². The van der Waals surface area contributed by atoms with Crippen molar-refractivity contribution in [2.75, 3.05) is 22.9 Å². The summed E-state index contributed by atoms with van der Waals surface area (Å²) in [4.78, 5) is 33.7. The number of para-hydroxylation sites is 1. The first-order chi connectivity index (χ1) is 18.9. The van der Waals surface area contributed by atoms with Gasteiger partial charge in [0.05, 0.1) is 28.6 Å². The lowest BCUT2D eigenvalue weighted by molar-refractivity contribution is 0.00681. The minimum absolute atomic E-state index is 0.200. The lowest BCUT2D eigenvalue weighted by atomic mass is 10.0. The summed E-state index contributed by atoms with van der Waals surface area (Å²) in [6.45, 7) is 7.55. The molecule has 40 heavy (non-hydrogen) atoms. The molecule has 2 amide bonds. The highest BCUT2D eigenvalue weighted by Crippen LogP contribution is 2.30. The van der Waals surface area contributed by atoms with Gasteiger partial charge in [-0.15, -0.1) is 0 Å². The van der Waals surface area contributed by atoms with Crippen molar-refractivity contribution in [1.29, 1.82) is 5.26 Å². The first-order valence-electron chi connectivity index (χ1n) is 12.7. The third-order valence-electron chi connectivity index (χ3n) is 6.15. The molecule has 0 aliphatic carbocycles. The molecule has 11 heteroatoms. The number of carbonyl (C=O) groups excluding carboxylic acids is 2. The SMILES string of the molecule is Cc1nc(N2CC(N(C(=O)NS(=O)(=O)Cc3ccccc3)c3ccccc3)C2)c(C#N)cc1C(=O)OC(C)(C)C. The Morgan fingerprint density at radius 3 is 2.27 bits per heavy atom. The average Bonchev–Trinajstić information content (AvgIpc) is 2.85. The fraction of sp³-hybridized carbons (Fsp3) is 0.310. The van der Waals surface area contributed by atoms with Gasteiger partial charge in [-0.1, -0.05) is 48.5 Å². The van der Waals surface area contributed by atoms with Gasteiger partial charge in [0.1, 0.15) is 17.5 Å². The van der Waals surface area contributed by atoms with Crippen LogP contribution in [0.5, 0.6) is 0 Å². The fourth-order valence-electron chi connectivity index (χ4n) is 4.34. The third kappa shape index (κ3) is 6.76. The zero-order chi connectivity index (χ0) is 29.1. The predicted octanol–water partition coefficient (Wildman–Crippen LogP) is 4.15. The summed E-state index contributed by atoms with van der Waals surface area (Å²) in [6, 6.07) is 19.8. The predicted molar refractivity (Wildman–Crippen MR) is 151 cm³/mol. The van der Waals surface area contributed by atoms with E-state index in [0.717, 1.165) is 0 Å². The van der Waals surface area contributed by atoms with E-state index in [2.05, 4.69) is 15.8 Å². The van der Waals surface area contributed by atoms with Gasteiger partial charge in [-0.2, -0.15) is 5.26 Å². The highest BCUT2D eigenvalue weighted by Gasteiger charge is 2.38. The van der Waals surface area contributed by atoms with Crippen molar-refractivity contribution in [1.82, 2.24) is 9.71 Å². The van der Waals surface area contributed by atoms with E-state index < -0.39 is 33.7 Å². The zero-order valence-corrected chi connectivity index (χ0v) is 23.6. The van der Waals surface area contributed by atoms with Gasteiger partial charge in [0.25, 0.3) is 0 Å². The number of rotatable bonds is 7. The van der Waals surface area contributed by atoms with Crippen molar-refractivity contribution in [3.63, 3.8) is 0 Å². The second-order valence-corrected chi connectivity index (χ2v) is 12.2. The average molecular weight is 562 g/mol. The van der Waals surface area contributed by atoms with Gasteiger partial charge < -0.3 is 9.64 Å². The Bertz CT molecular complexity index is 1540. The molecule has 2 aromatic carbocycles. The van der Waals surface area contributed by atoms with Gasteiger partial charge in [0, 0.05) is 18.8 Å². The topological polar surface area (TPSA) is 133 Å². The molecule has 1 aromatic heterocycles. The molecule has 4 rings (SSSR count). The Kier molecular flexibility index (Phi) is 8.11. The maximum atomic E-state index is 13.3. The number of esters is 1. The summed E-state index contributed by atoms with van der Waals surface area (Å²) >= 11 is 0. The number of benzene rings is 2. The van der Waals surface area contributed by atoms with E-state index in [1.807, 2.05) is 4.90 Å². The second kappa shape index (κ2) is 11.4. The summed E-state index contributed by atoms with van der Waals surface area (Å²) in [5, 5.41) is 9.80. The van der Waals surface area contributed by atoms with Gasteiger partial charge in [-0.05, 0) is 51.5 Å². The maximum Gasteiger partial charge on any atom is 0.340 e. The highest BCUT2D eigenvalue weighted by atomic mass is 32.2. The lowest BCUT2D eigenvalue weighted by Gasteiger charge is -2.46. The minimum Gasteiger partial charge on any atom is -0.456 e. The number of nitrogens with zero attached hydrogens (tertiary/aromatic N) is 4. The van der Waals surface area contributed by atoms with Crippen molar-refractivity contribution in [3.8, 4) is 6.07 Å². The summed E-state index contributed by atoms with van der Waals surface area (Å²) < 4.78 is 33.2. The number of nitrogens with one attached hydrogen (secondary N) is 1. The van der Waals surface area contributed by atoms with E-state index in [-0.39, 0.29) is 16.9 Å². The van der Waals surface area contributed by atoms with Crippen molar-refractivity contribution in [3.05, 3.63) is 89.1 Å². The maximum absolute atomic E-state index is 13.3. The Labute approximate surface area is 234 Å². The number of hydrogen-bond acceptors (Lipinski definition) is 8. The molecule has 1 saturated heterocycles. The van der Waals surface area contributed by atoms with Crippen LogP contribution in [0, 0.1) is 18.3 Å². The van der Waals surface area contributed by atoms with Gasteiger partial charge in [0.15, 0.2) is 0 Å². The lowest BCUT2D eigenvalue weighted by Crippen LogP contribution is -2.63. The van der Waals surface area contributed by atoms with Crippen LogP contribution in [0.1, 0.15) is 48.0 Å². The second-order valence-electron chi connectivity index (χ2n) is 10.5. The van der Waals surface area contributed by atoms with Crippen molar-refractivity contribution >= 4 is 33.5 Å². The largest absolute Gasteiger partial charge is 0.456 e. The molecule has 3 aromatic rings. The quantitative estimate of drug-likeness (QED) is 0.426. The van der Waals surface area contributed by atoms with Gasteiger partial charge in [0.2, 0.25) is 10.0 Å². The molecule has 2 heterocycles. The number of amides is 2. The molecule has 0 atom stereocenters. The highest BCUT2D eigenvalue weighted by molar-refractivity contribution is 7.89. The number of pyridine rings is 1. The van der Waals surface area contributed by atoms with E-state index in [4.69, 9.17) is 4.74 Å². The summed E-state index contributed by atoms with van der Waals surface area (Å²) in [7, 11) is -3.97. The molecule has 0 saturated carbocycles. The summed E-state index contributed by atoms with van der Waals surface area (Å²) in [5.41, 5.74) is 1.22. The number of urea groups is 1. The molecular formula is C29H31N5O5S. The number of anilines is 2. The van der Waals surface area contributed by atoms with E-state index in [1.54, 1.807) is 88.4 Å². The third-order valence-corrected chi connectivity index (χ3v) is 7.35. The molecule has 10 nitrogen and oxygen atoms in total. The Morgan fingerprint density at radius 1 is 1.10 bits per heavy atom. The molecule has 1 aliphatic heterocycles.